The third-order valence-electron chi connectivity index (χ3n) is 13.8. The molecule has 1 radical (unpaired) electrons. The van der Waals surface area contributed by atoms with Crippen molar-refractivity contribution in [3.63, 3.8) is 0 Å². The van der Waals surface area contributed by atoms with Gasteiger partial charge >= 0.3 is 7.69 Å². The SMILES string of the molecule is Cc1ccc(S(=O)(=O)n2cc(-c3ccnc(CCc4ccccc4)c3)c3cccnc32)cc1.Cc1ccc(S(=O)(=O)n2cc(-c3ccnc(Cl)c3)c3cccnc32)cc1.Cc1ccc(S(=O)(=O)n2cc(Br)c3cccnc32)cc1.O[B]Oc1ccnc(Cl)c1. The molecule has 0 bridgehead atoms. The summed E-state index contributed by atoms with van der Waals surface area (Å²) in [6, 6.07) is 52.1. The van der Waals surface area contributed by atoms with E-state index < -0.39 is 30.1 Å². The number of nitrogens with zero attached hydrogens (tertiary/aromatic N) is 9. The third-order valence-corrected chi connectivity index (χ3v) is 19.9. The van der Waals surface area contributed by atoms with Gasteiger partial charge in [0.25, 0.3) is 30.1 Å². The fourth-order valence-corrected chi connectivity index (χ4v) is 14.3. The van der Waals surface area contributed by atoms with Crippen LogP contribution in [0.4, 0.5) is 0 Å². The first-order valence-corrected chi connectivity index (χ1v) is 33.0. The minimum Gasteiger partial charge on any atom is -0.537 e. The fourth-order valence-electron chi connectivity index (χ4n) is 9.32. The zero-order valence-corrected chi connectivity index (χ0v) is 53.2. The molecule has 0 aliphatic carbocycles. The van der Waals surface area contributed by atoms with Crippen LogP contribution in [0.5, 0.6) is 5.75 Å². The molecule has 89 heavy (non-hydrogen) atoms. The van der Waals surface area contributed by atoms with Gasteiger partial charge in [-0.1, -0.05) is 107 Å². The second kappa shape index (κ2) is 27.7. The van der Waals surface area contributed by atoms with Gasteiger partial charge in [0.2, 0.25) is 0 Å². The molecule has 0 aliphatic heterocycles. The molecule has 0 spiro atoms. The summed E-state index contributed by atoms with van der Waals surface area (Å²) in [6.45, 7) is 5.76. The first kappa shape index (κ1) is 63.2. The maximum absolute atomic E-state index is 13.4. The van der Waals surface area contributed by atoms with E-state index in [1.807, 2.05) is 75.4 Å². The number of aromatic nitrogens is 9. The minimum atomic E-state index is -3.79. The van der Waals surface area contributed by atoms with E-state index >= 15 is 0 Å². The highest BCUT2D eigenvalue weighted by atomic mass is 79.9. The summed E-state index contributed by atoms with van der Waals surface area (Å²) in [7, 11) is -10.6. The first-order chi connectivity index (χ1) is 42.8. The Morgan fingerprint density at radius 2 is 0.865 bits per heavy atom. The van der Waals surface area contributed by atoms with Gasteiger partial charge in [-0.15, -0.1) is 0 Å². The molecule has 1 N–H and O–H groups in total. The van der Waals surface area contributed by atoms with Crippen molar-refractivity contribution < 1.29 is 34.9 Å². The van der Waals surface area contributed by atoms with Crippen LogP contribution in [0.3, 0.4) is 0 Å². The van der Waals surface area contributed by atoms with Crippen LogP contribution >= 0.6 is 39.1 Å². The maximum atomic E-state index is 13.4. The predicted octanol–water partition coefficient (Wildman–Crippen LogP) is 13.7. The molecule has 0 aliphatic rings. The lowest BCUT2D eigenvalue weighted by Crippen LogP contribution is -2.12. The molecule has 24 heteroatoms. The summed E-state index contributed by atoms with van der Waals surface area (Å²) in [6.07, 6.45) is 16.1. The molecule has 9 heterocycles. The molecular formula is C65H52BBrCl2N9O8S3. The number of fused-ring (bicyclic) bond motifs is 3. The van der Waals surface area contributed by atoms with Gasteiger partial charge in [-0.05, 0) is 169 Å². The lowest BCUT2D eigenvalue weighted by Gasteiger charge is -2.07. The van der Waals surface area contributed by atoms with E-state index in [4.69, 9.17) is 28.2 Å². The lowest BCUT2D eigenvalue weighted by molar-refractivity contribution is 0.453. The van der Waals surface area contributed by atoms with Crippen LogP contribution in [0.2, 0.25) is 10.3 Å². The van der Waals surface area contributed by atoms with Crippen LogP contribution in [0.15, 0.2) is 251 Å². The molecule has 0 saturated heterocycles. The molecule has 0 amide bonds. The molecule has 4 aromatic carbocycles. The summed E-state index contributed by atoms with van der Waals surface area (Å²) >= 11 is 14.9. The monoisotopic (exact) mass is 1340 g/mol. The molecule has 0 fully saturated rings. The van der Waals surface area contributed by atoms with Crippen molar-refractivity contribution in [2.45, 2.75) is 48.3 Å². The Kier molecular flexibility index (Phi) is 19.6. The van der Waals surface area contributed by atoms with Gasteiger partial charge in [0.05, 0.1) is 14.7 Å². The number of hydrogen-bond donors (Lipinski definition) is 1. The van der Waals surface area contributed by atoms with E-state index in [1.165, 1.54) is 35.9 Å². The van der Waals surface area contributed by atoms with E-state index in [-0.39, 0.29) is 14.7 Å². The topological polar surface area (TPSA) is 224 Å². The van der Waals surface area contributed by atoms with E-state index in [1.54, 1.807) is 147 Å². The smallest absolute Gasteiger partial charge is 0.537 e. The van der Waals surface area contributed by atoms with Crippen molar-refractivity contribution >= 4 is 110 Å². The maximum Gasteiger partial charge on any atom is 0.569 e. The van der Waals surface area contributed by atoms with Crippen LogP contribution in [0.25, 0.3) is 55.4 Å². The van der Waals surface area contributed by atoms with Crippen molar-refractivity contribution in [2.75, 3.05) is 0 Å². The number of halogens is 3. The molecule has 0 atom stereocenters. The highest BCUT2D eigenvalue weighted by molar-refractivity contribution is 9.10. The van der Waals surface area contributed by atoms with Crippen LogP contribution in [-0.4, -0.2) is 79.8 Å². The van der Waals surface area contributed by atoms with Crippen LogP contribution in [0.1, 0.15) is 27.9 Å². The molecule has 447 valence electrons. The zero-order chi connectivity index (χ0) is 62.9. The van der Waals surface area contributed by atoms with Crippen molar-refractivity contribution in [1.29, 1.82) is 0 Å². The van der Waals surface area contributed by atoms with Crippen LogP contribution in [0, 0.1) is 20.8 Å². The van der Waals surface area contributed by atoms with Crippen molar-refractivity contribution in [2.24, 2.45) is 0 Å². The number of aryl methyl sites for hydroxylation is 5. The van der Waals surface area contributed by atoms with Crippen molar-refractivity contribution in [3.05, 3.63) is 274 Å². The Hall–Kier alpha value is -8.87. The largest absolute Gasteiger partial charge is 0.569 e. The molecule has 13 rings (SSSR count). The molecule has 17 nitrogen and oxygen atoms in total. The Morgan fingerprint density at radius 1 is 0.449 bits per heavy atom. The summed E-state index contributed by atoms with van der Waals surface area (Å²) in [5.41, 5.74) is 9.68. The standard InChI is InChI=1S/C27H23N3O2S.C19H14ClN3O2S.C14H11BrN2O2S.C5H4BClNO2/c1-20-9-13-24(14-10-20)33(31,32)30-19-26(25-8-5-16-29-27(25)30)22-15-17-28-23(18-22)12-11-21-6-3-2-4-7-21;1-13-4-6-15(7-5-13)26(24,25)23-12-17(14-8-10-21-18(20)11-14)16-3-2-9-22-19(16)23;1-10-4-6-11(7-5-10)20(18,19)17-9-13(15)12-3-2-8-16-14(12)17;7-5-3-4(10-6-9)1-2-8-5/h2-10,13-19H,11-12H2,1H3;2-12H,1H3;2-9H,1H3;1-3,9H. The Labute approximate surface area is 533 Å². The Morgan fingerprint density at radius 3 is 1.33 bits per heavy atom. The fraction of sp³-hybridized carbons (Fsp3) is 0.0769. The number of rotatable bonds is 13. The second-order valence-corrected chi connectivity index (χ2v) is 27.0. The lowest BCUT2D eigenvalue weighted by atomic mass is 10.0. The van der Waals surface area contributed by atoms with E-state index in [0.717, 1.165) is 73.6 Å². The van der Waals surface area contributed by atoms with Gasteiger partial charge in [-0.3, -0.25) is 4.98 Å². The number of hydrogen-bond acceptors (Lipinski definition) is 14. The molecule has 0 unspecified atom stereocenters. The molecular weight excluding hydrogens is 1290 g/mol. The summed E-state index contributed by atoms with van der Waals surface area (Å²) in [5, 5.41) is 11.2. The Balaban J connectivity index is 0.000000140. The summed E-state index contributed by atoms with van der Waals surface area (Å²) < 4.78 is 87.5. The van der Waals surface area contributed by atoms with Crippen molar-refractivity contribution in [3.8, 4) is 28.0 Å². The highest BCUT2D eigenvalue weighted by Crippen LogP contribution is 2.35. The molecule has 13 aromatic rings. The highest BCUT2D eigenvalue weighted by Gasteiger charge is 2.25. The van der Waals surface area contributed by atoms with E-state index in [0.29, 0.717) is 45.2 Å². The van der Waals surface area contributed by atoms with Gasteiger partial charge in [-0.2, -0.15) is 0 Å². The van der Waals surface area contributed by atoms with E-state index in [2.05, 4.69) is 62.6 Å². The normalized spacial score (nSPS) is 11.4. The predicted molar refractivity (Wildman–Crippen MR) is 351 cm³/mol. The zero-order valence-electron chi connectivity index (χ0n) is 47.6. The summed E-state index contributed by atoms with van der Waals surface area (Å²) in [5.74, 6) is 0.461. The Bertz CT molecular complexity index is 5010. The summed E-state index contributed by atoms with van der Waals surface area (Å²) in [4.78, 5) is 25.8. The van der Waals surface area contributed by atoms with Crippen LogP contribution in [-0.2, 0) is 42.9 Å². The first-order valence-electron chi connectivity index (χ1n) is 27.2. The number of benzene rings is 4. The van der Waals surface area contributed by atoms with E-state index in [9.17, 15) is 25.3 Å². The van der Waals surface area contributed by atoms with Crippen molar-refractivity contribution in [1.82, 2.24) is 41.8 Å². The van der Waals surface area contributed by atoms with Gasteiger partial charge in [0.1, 0.15) is 16.1 Å². The third kappa shape index (κ3) is 14.5. The van der Waals surface area contributed by atoms with Gasteiger partial charge in [-0.25, -0.2) is 62.1 Å². The number of pyridine rings is 6. The average molecular weight is 1350 g/mol. The average Bonchev–Trinajstić information content (AvgIpc) is 1.78. The molecule has 0 saturated carbocycles. The van der Waals surface area contributed by atoms with Gasteiger partial charge in [0.15, 0.2) is 16.9 Å². The molecule has 9 aromatic heterocycles. The quantitative estimate of drug-likeness (QED) is 0.0837. The second-order valence-electron chi connectivity index (χ2n) is 20.0. The minimum absolute atomic E-state index is 0.213. The van der Waals surface area contributed by atoms with Gasteiger partial charge < -0.3 is 9.68 Å². The van der Waals surface area contributed by atoms with Gasteiger partial charge in [0, 0.05) is 99.3 Å². The van der Waals surface area contributed by atoms with Crippen LogP contribution < -0.4 is 4.65 Å².